The topological polar surface area (TPSA) is 40.5 Å². The molecule has 0 aliphatic heterocycles. The van der Waals surface area contributed by atoms with E-state index < -0.39 is 0 Å². The predicted octanol–water partition coefficient (Wildman–Crippen LogP) is 3.80. The van der Waals surface area contributed by atoms with E-state index in [1.165, 1.54) is 6.07 Å². The lowest BCUT2D eigenvalue weighted by atomic mass is 9.76. The Morgan fingerprint density at radius 2 is 1.75 bits per heavy atom. The summed E-state index contributed by atoms with van der Waals surface area (Å²) < 4.78 is 0. The molecule has 2 N–H and O–H groups in total. The quantitative estimate of drug-likeness (QED) is 0.588. The van der Waals surface area contributed by atoms with Crippen molar-refractivity contribution in [3.8, 4) is 11.5 Å². The van der Waals surface area contributed by atoms with E-state index in [0.29, 0.717) is 0 Å². The molecule has 0 heterocycles. The third kappa shape index (κ3) is 2.78. The second-order valence-electron chi connectivity index (χ2n) is 5.12. The first-order valence-electron chi connectivity index (χ1n) is 5.51. The van der Waals surface area contributed by atoms with Gasteiger partial charge in [0, 0.05) is 5.92 Å². The van der Waals surface area contributed by atoms with Crippen LogP contribution in [0.5, 0.6) is 11.5 Å². The Labute approximate surface area is 97.2 Å². The van der Waals surface area contributed by atoms with Crippen LogP contribution in [0.25, 0.3) is 0 Å². The summed E-state index contributed by atoms with van der Waals surface area (Å²) in [4.78, 5) is 0. The molecular weight excluding hydrogens is 200 g/mol. The second kappa shape index (κ2) is 4.60. The molecular formula is C14H20O2. The molecule has 0 saturated carbocycles. The van der Waals surface area contributed by atoms with Gasteiger partial charge in [0.2, 0.25) is 0 Å². The van der Waals surface area contributed by atoms with E-state index in [4.69, 9.17) is 0 Å². The zero-order valence-corrected chi connectivity index (χ0v) is 10.4. The number of benzene rings is 1. The number of phenols is 2. The molecule has 0 radical (unpaired) electrons. The molecule has 2 nitrogen and oxygen atoms in total. The molecule has 1 rings (SSSR count). The first kappa shape index (κ1) is 12.6. The Kier molecular flexibility index (Phi) is 3.63. The average Bonchev–Trinajstić information content (AvgIpc) is 2.17. The standard InChI is InChI=1S/C14H20O2/c1-5-6-11(14(2,3)4)10-7-8-12(15)13(16)9-10/h5-9,11,15-16H,1-4H3/b6-5+. The van der Waals surface area contributed by atoms with E-state index in [0.717, 1.165) is 5.56 Å². The average molecular weight is 220 g/mol. The van der Waals surface area contributed by atoms with E-state index in [-0.39, 0.29) is 22.8 Å². The minimum absolute atomic E-state index is 0.0590. The van der Waals surface area contributed by atoms with Crippen LogP contribution in [-0.2, 0) is 0 Å². The van der Waals surface area contributed by atoms with Crippen LogP contribution in [0.15, 0.2) is 30.4 Å². The lowest BCUT2D eigenvalue weighted by molar-refractivity contribution is 0.362. The first-order valence-corrected chi connectivity index (χ1v) is 5.51. The minimum atomic E-state index is -0.0723. The maximum Gasteiger partial charge on any atom is 0.157 e. The van der Waals surface area contributed by atoms with Gasteiger partial charge in [-0.05, 0) is 30.0 Å². The van der Waals surface area contributed by atoms with E-state index >= 15 is 0 Å². The van der Waals surface area contributed by atoms with Gasteiger partial charge in [0.15, 0.2) is 11.5 Å². The molecule has 1 aromatic rings. The first-order chi connectivity index (χ1) is 7.36. The van der Waals surface area contributed by atoms with Crippen LogP contribution in [0, 0.1) is 5.41 Å². The maximum absolute atomic E-state index is 9.51. The Morgan fingerprint density at radius 1 is 1.12 bits per heavy atom. The largest absolute Gasteiger partial charge is 0.504 e. The van der Waals surface area contributed by atoms with Crippen molar-refractivity contribution in [2.24, 2.45) is 5.41 Å². The Hall–Kier alpha value is -1.44. The molecule has 0 aliphatic rings. The fourth-order valence-electron chi connectivity index (χ4n) is 1.83. The van der Waals surface area contributed by atoms with Gasteiger partial charge in [0.05, 0.1) is 0 Å². The van der Waals surface area contributed by atoms with Crippen LogP contribution in [0.4, 0.5) is 0 Å². The van der Waals surface area contributed by atoms with Gasteiger partial charge in [-0.15, -0.1) is 0 Å². The number of allylic oxidation sites excluding steroid dienone is 2. The lowest BCUT2D eigenvalue weighted by Gasteiger charge is -2.28. The van der Waals surface area contributed by atoms with Crippen LogP contribution in [-0.4, -0.2) is 10.2 Å². The second-order valence-corrected chi connectivity index (χ2v) is 5.12. The highest BCUT2D eigenvalue weighted by molar-refractivity contribution is 5.43. The summed E-state index contributed by atoms with van der Waals surface area (Å²) in [7, 11) is 0. The predicted molar refractivity (Wildman–Crippen MR) is 66.8 cm³/mol. The fraction of sp³-hybridized carbons (Fsp3) is 0.429. The molecule has 1 unspecified atom stereocenters. The zero-order valence-electron chi connectivity index (χ0n) is 10.4. The van der Waals surface area contributed by atoms with Gasteiger partial charge in [-0.25, -0.2) is 0 Å². The van der Waals surface area contributed by atoms with Gasteiger partial charge in [-0.3, -0.25) is 0 Å². The molecule has 16 heavy (non-hydrogen) atoms. The summed E-state index contributed by atoms with van der Waals surface area (Å²) in [5.74, 6) is 0.0946. The van der Waals surface area contributed by atoms with Crippen molar-refractivity contribution >= 4 is 0 Å². The summed E-state index contributed by atoms with van der Waals surface area (Å²) in [6.07, 6.45) is 4.13. The van der Waals surface area contributed by atoms with Gasteiger partial charge < -0.3 is 10.2 Å². The molecule has 1 atom stereocenters. The van der Waals surface area contributed by atoms with Crippen LogP contribution < -0.4 is 0 Å². The molecule has 0 aliphatic carbocycles. The van der Waals surface area contributed by atoms with Crippen molar-refractivity contribution in [1.29, 1.82) is 0 Å². The van der Waals surface area contributed by atoms with Gasteiger partial charge in [-0.2, -0.15) is 0 Å². The van der Waals surface area contributed by atoms with Gasteiger partial charge in [0.25, 0.3) is 0 Å². The highest BCUT2D eigenvalue weighted by Gasteiger charge is 2.24. The van der Waals surface area contributed by atoms with Crippen LogP contribution in [0.1, 0.15) is 39.2 Å². The highest BCUT2D eigenvalue weighted by Crippen LogP contribution is 2.38. The Bertz CT molecular complexity index is 386. The summed E-state index contributed by atoms with van der Waals surface area (Å²) >= 11 is 0. The summed E-state index contributed by atoms with van der Waals surface area (Å²) in [6, 6.07) is 5.02. The van der Waals surface area contributed by atoms with Crippen LogP contribution in [0.2, 0.25) is 0 Å². The van der Waals surface area contributed by atoms with Gasteiger partial charge >= 0.3 is 0 Å². The van der Waals surface area contributed by atoms with Crippen LogP contribution in [0.3, 0.4) is 0 Å². The lowest BCUT2D eigenvalue weighted by Crippen LogP contribution is -2.16. The van der Waals surface area contributed by atoms with E-state index in [1.807, 2.05) is 19.1 Å². The van der Waals surface area contributed by atoms with Crippen molar-refractivity contribution in [2.75, 3.05) is 0 Å². The molecule has 0 fully saturated rings. The van der Waals surface area contributed by atoms with E-state index in [9.17, 15) is 10.2 Å². The maximum atomic E-state index is 9.51. The fourth-order valence-corrected chi connectivity index (χ4v) is 1.83. The molecule has 0 amide bonds. The monoisotopic (exact) mass is 220 g/mol. The Balaban J connectivity index is 3.17. The van der Waals surface area contributed by atoms with E-state index in [2.05, 4.69) is 26.8 Å². The SMILES string of the molecule is C/C=C/C(c1ccc(O)c(O)c1)C(C)(C)C. The normalized spacial score (nSPS) is 14.2. The van der Waals surface area contributed by atoms with Crippen molar-refractivity contribution in [3.63, 3.8) is 0 Å². The Morgan fingerprint density at radius 3 is 2.19 bits per heavy atom. The molecule has 0 aromatic heterocycles. The summed E-state index contributed by atoms with van der Waals surface area (Å²) in [5, 5.41) is 18.8. The van der Waals surface area contributed by atoms with Crippen molar-refractivity contribution < 1.29 is 10.2 Å². The number of rotatable bonds is 2. The number of phenolic OH excluding ortho intramolecular Hbond substituents is 2. The van der Waals surface area contributed by atoms with Gasteiger partial charge in [-0.1, -0.05) is 39.0 Å². The molecule has 1 aromatic carbocycles. The van der Waals surface area contributed by atoms with Crippen molar-refractivity contribution in [2.45, 2.75) is 33.6 Å². The molecule has 0 saturated heterocycles. The number of hydrogen-bond donors (Lipinski definition) is 2. The zero-order chi connectivity index (χ0) is 12.3. The number of aromatic hydroxyl groups is 2. The highest BCUT2D eigenvalue weighted by atomic mass is 16.3. The molecule has 88 valence electrons. The van der Waals surface area contributed by atoms with Crippen LogP contribution >= 0.6 is 0 Å². The number of hydrogen-bond acceptors (Lipinski definition) is 2. The third-order valence-corrected chi connectivity index (χ3v) is 2.68. The smallest absolute Gasteiger partial charge is 0.157 e. The molecule has 0 bridgehead atoms. The van der Waals surface area contributed by atoms with Gasteiger partial charge in [0.1, 0.15) is 0 Å². The minimum Gasteiger partial charge on any atom is -0.504 e. The third-order valence-electron chi connectivity index (χ3n) is 2.68. The molecule has 2 heteroatoms. The van der Waals surface area contributed by atoms with Crippen molar-refractivity contribution in [1.82, 2.24) is 0 Å². The van der Waals surface area contributed by atoms with E-state index in [1.54, 1.807) is 6.07 Å². The van der Waals surface area contributed by atoms with Crippen molar-refractivity contribution in [3.05, 3.63) is 35.9 Å². The summed E-state index contributed by atoms with van der Waals surface area (Å²) in [5.41, 5.74) is 1.09. The molecule has 0 spiro atoms. The summed E-state index contributed by atoms with van der Waals surface area (Å²) in [6.45, 7) is 8.45.